The van der Waals surface area contributed by atoms with Crippen LogP contribution in [0.3, 0.4) is 0 Å². The van der Waals surface area contributed by atoms with Crippen molar-refractivity contribution < 1.29 is 20.1 Å². The van der Waals surface area contributed by atoms with E-state index in [1.807, 2.05) is 0 Å². The van der Waals surface area contributed by atoms with Crippen LogP contribution in [0.5, 0.6) is 0 Å². The maximum atomic E-state index is 10.3. The fourth-order valence-corrected chi connectivity index (χ4v) is 1.30. The van der Waals surface area contributed by atoms with Crippen LogP contribution in [0.4, 0.5) is 0 Å². The number of rotatable bonds is 5. The molecule has 82 valence electrons. The number of aliphatic hydroxyl groups excluding tert-OH is 2. The van der Waals surface area contributed by atoms with Crippen molar-refractivity contribution in [3.8, 4) is 0 Å². The summed E-state index contributed by atoms with van der Waals surface area (Å²) in [6.45, 7) is 0. The molecule has 2 atom stereocenters. The predicted octanol–water partition coefficient (Wildman–Crippen LogP) is 0.946. The van der Waals surface area contributed by atoms with Gasteiger partial charge >= 0.3 is 5.97 Å². The van der Waals surface area contributed by atoms with E-state index in [0.717, 1.165) is 0 Å². The molecule has 15 heavy (non-hydrogen) atoms. The van der Waals surface area contributed by atoms with E-state index in [-0.39, 0.29) is 12.8 Å². The van der Waals surface area contributed by atoms with Gasteiger partial charge in [-0.05, 0) is 12.0 Å². The van der Waals surface area contributed by atoms with Gasteiger partial charge in [0.1, 0.15) is 6.10 Å². The summed E-state index contributed by atoms with van der Waals surface area (Å²) in [5.41, 5.74) is 0.593. The van der Waals surface area contributed by atoms with E-state index < -0.39 is 18.2 Å². The molecule has 1 aromatic rings. The minimum absolute atomic E-state index is 0.0470. The Bertz CT molecular complexity index is 310. The third-order valence-electron chi connectivity index (χ3n) is 2.16. The second kappa shape index (κ2) is 5.48. The molecule has 0 radical (unpaired) electrons. The summed E-state index contributed by atoms with van der Waals surface area (Å²) in [6.07, 6.45) is -2.16. The third-order valence-corrected chi connectivity index (χ3v) is 2.16. The molecule has 0 heterocycles. The van der Waals surface area contributed by atoms with E-state index in [9.17, 15) is 15.0 Å². The van der Waals surface area contributed by atoms with Crippen molar-refractivity contribution in [1.82, 2.24) is 0 Å². The van der Waals surface area contributed by atoms with Crippen molar-refractivity contribution in [2.75, 3.05) is 0 Å². The molecule has 1 rings (SSSR count). The average Bonchev–Trinajstić information content (AvgIpc) is 2.26. The van der Waals surface area contributed by atoms with Crippen LogP contribution < -0.4 is 0 Å². The zero-order valence-electron chi connectivity index (χ0n) is 8.21. The lowest BCUT2D eigenvalue weighted by molar-refractivity contribution is -0.138. The first kappa shape index (κ1) is 11.7. The Morgan fingerprint density at radius 2 is 1.80 bits per heavy atom. The zero-order chi connectivity index (χ0) is 11.3. The van der Waals surface area contributed by atoms with E-state index >= 15 is 0 Å². The number of hydrogen-bond donors (Lipinski definition) is 3. The predicted molar refractivity (Wildman–Crippen MR) is 54.3 cm³/mol. The maximum Gasteiger partial charge on any atom is 0.303 e. The van der Waals surface area contributed by atoms with Gasteiger partial charge in [-0.15, -0.1) is 0 Å². The van der Waals surface area contributed by atoms with Gasteiger partial charge in [-0.25, -0.2) is 0 Å². The van der Waals surface area contributed by atoms with Gasteiger partial charge < -0.3 is 15.3 Å². The first-order valence-electron chi connectivity index (χ1n) is 4.74. The van der Waals surface area contributed by atoms with Gasteiger partial charge in [0.2, 0.25) is 0 Å². The molecule has 0 aliphatic rings. The highest BCUT2D eigenvalue weighted by Gasteiger charge is 2.18. The second-order valence-corrected chi connectivity index (χ2v) is 3.36. The first-order valence-corrected chi connectivity index (χ1v) is 4.74. The molecule has 4 nitrogen and oxygen atoms in total. The lowest BCUT2D eigenvalue weighted by atomic mass is 10.0. The molecule has 0 aromatic heterocycles. The van der Waals surface area contributed by atoms with Crippen LogP contribution in [0.1, 0.15) is 24.5 Å². The van der Waals surface area contributed by atoms with Crippen molar-refractivity contribution >= 4 is 5.97 Å². The van der Waals surface area contributed by atoms with Crippen molar-refractivity contribution in [2.24, 2.45) is 0 Å². The Morgan fingerprint density at radius 3 is 2.33 bits per heavy atom. The third kappa shape index (κ3) is 3.69. The standard InChI is InChI=1S/C11H14O4/c12-9(6-7-10(13)14)11(15)8-4-2-1-3-5-8/h1-5,9,11-12,15H,6-7H2,(H,13,14). The van der Waals surface area contributed by atoms with Crippen molar-refractivity contribution in [3.05, 3.63) is 35.9 Å². The first-order chi connectivity index (χ1) is 7.11. The lowest BCUT2D eigenvalue weighted by Gasteiger charge is -2.17. The molecule has 0 aliphatic heterocycles. The Hall–Kier alpha value is -1.39. The second-order valence-electron chi connectivity index (χ2n) is 3.36. The maximum absolute atomic E-state index is 10.3. The molecule has 4 heteroatoms. The van der Waals surface area contributed by atoms with Gasteiger partial charge in [0.05, 0.1) is 6.10 Å². The van der Waals surface area contributed by atoms with Gasteiger partial charge in [-0.1, -0.05) is 30.3 Å². The molecule has 2 unspecified atom stereocenters. The molecule has 3 N–H and O–H groups in total. The van der Waals surface area contributed by atoms with Crippen LogP contribution in [0.25, 0.3) is 0 Å². The number of aliphatic carboxylic acids is 1. The summed E-state index contributed by atoms with van der Waals surface area (Å²) in [5, 5.41) is 27.6. The van der Waals surface area contributed by atoms with E-state index in [1.165, 1.54) is 0 Å². The molecule has 0 spiro atoms. The fraction of sp³-hybridized carbons (Fsp3) is 0.364. The van der Waals surface area contributed by atoms with Crippen LogP contribution in [-0.4, -0.2) is 27.4 Å². The summed E-state index contributed by atoms with van der Waals surface area (Å²) in [7, 11) is 0. The number of aliphatic hydroxyl groups is 2. The summed E-state index contributed by atoms with van der Waals surface area (Å²) in [6, 6.07) is 8.69. The molecule has 0 bridgehead atoms. The van der Waals surface area contributed by atoms with E-state index in [4.69, 9.17) is 5.11 Å². The van der Waals surface area contributed by atoms with Gasteiger partial charge in [0.15, 0.2) is 0 Å². The quantitative estimate of drug-likeness (QED) is 0.676. The van der Waals surface area contributed by atoms with Crippen LogP contribution in [-0.2, 0) is 4.79 Å². The molecule has 0 saturated heterocycles. The highest BCUT2D eigenvalue weighted by molar-refractivity contribution is 5.66. The SMILES string of the molecule is O=C(O)CCC(O)C(O)c1ccccc1. The van der Waals surface area contributed by atoms with Crippen LogP contribution in [0.15, 0.2) is 30.3 Å². The van der Waals surface area contributed by atoms with Crippen LogP contribution >= 0.6 is 0 Å². The van der Waals surface area contributed by atoms with Crippen molar-refractivity contribution in [3.63, 3.8) is 0 Å². The van der Waals surface area contributed by atoms with Gasteiger partial charge in [0, 0.05) is 6.42 Å². The summed E-state index contributed by atoms with van der Waals surface area (Å²) in [5.74, 6) is -0.977. The van der Waals surface area contributed by atoms with Gasteiger partial charge in [0.25, 0.3) is 0 Å². The largest absolute Gasteiger partial charge is 0.481 e. The molecule has 1 aromatic carbocycles. The molecule has 0 aliphatic carbocycles. The average molecular weight is 210 g/mol. The molecule has 0 saturated carbocycles. The Morgan fingerprint density at radius 1 is 1.20 bits per heavy atom. The van der Waals surface area contributed by atoms with Crippen LogP contribution in [0.2, 0.25) is 0 Å². The number of carbonyl (C=O) groups is 1. The monoisotopic (exact) mass is 210 g/mol. The van der Waals surface area contributed by atoms with E-state index in [2.05, 4.69) is 0 Å². The minimum atomic E-state index is -1.04. The Labute approximate surface area is 87.8 Å². The van der Waals surface area contributed by atoms with Gasteiger partial charge in [-0.2, -0.15) is 0 Å². The number of carboxylic acids is 1. The molecule has 0 amide bonds. The normalized spacial score (nSPS) is 14.5. The van der Waals surface area contributed by atoms with Crippen molar-refractivity contribution in [1.29, 1.82) is 0 Å². The lowest BCUT2D eigenvalue weighted by Crippen LogP contribution is -2.19. The van der Waals surface area contributed by atoms with Crippen molar-refractivity contribution in [2.45, 2.75) is 25.0 Å². The van der Waals surface area contributed by atoms with E-state index in [1.54, 1.807) is 30.3 Å². The van der Waals surface area contributed by atoms with Gasteiger partial charge in [-0.3, -0.25) is 4.79 Å². The topological polar surface area (TPSA) is 77.8 Å². The smallest absolute Gasteiger partial charge is 0.303 e. The molecular formula is C11H14O4. The minimum Gasteiger partial charge on any atom is -0.481 e. The molecule has 0 fully saturated rings. The fourth-order valence-electron chi connectivity index (χ4n) is 1.30. The van der Waals surface area contributed by atoms with Crippen LogP contribution in [0, 0.1) is 0 Å². The van der Waals surface area contributed by atoms with E-state index in [0.29, 0.717) is 5.56 Å². The summed E-state index contributed by atoms with van der Waals surface area (Å²) in [4.78, 5) is 10.3. The number of hydrogen-bond acceptors (Lipinski definition) is 3. The number of benzene rings is 1. The zero-order valence-corrected chi connectivity index (χ0v) is 8.21. The summed E-state index contributed by atoms with van der Waals surface area (Å²) >= 11 is 0. The Kier molecular flexibility index (Phi) is 4.27. The highest BCUT2D eigenvalue weighted by atomic mass is 16.4. The summed E-state index contributed by atoms with van der Waals surface area (Å²) < 4.78 is 0. The number of carboxylic acid groups (broad SMARTS) is 1. The highest BCUT2D eigenvalue weighted by Crippen LogP contribution is 2.19. The molecular weight excluding hydrogens is 196 g/mol. The Balaban J connectivity index is 2.53.